The lowest BCUT2D eigenvalue weighted by atomic mass is 9.84. The number of hydrogen-bond donors (Lipinski definition) is 1. The van der Waals surface area contributed by atoms with Gasteiger partial charge in [0.25, 0.3) is 0 Å². The number of aliphatic hydroxyl groups is 1. The molecule has 1 aliphatic heterocycles. The summed E-state index contributed by atoms with van der Waals surface area (Å²) in [5.74, 6) is 0.844. The average molecular weight is 566 g/mol. The molecule has 7 nitrogen and oxygen atoms in total. The first-order valence-electron chi connectivity index (χ1n) is 14.0. The van der Waals surface area contributed by atoms with Gasteiger partial charge in [-0.1, -0.05) is 54.1 Å². The summed E-state index contributed by atoms with van der Waals surface area (Å²) >= 11 is 6.04. The largest absolute Gasteiger partial charge is 0.385 e. The number of pyridine rings is 2. The molecular weight excluding hydrogens is 534 g/mol. The fourth-order valence-electron chi connectivity index (χ4n) is 5.57. The molecule has 1 fully saturated rings. The molecule has 0 saturated carbocycles. The summed E-state index contributed by atoms with van der Waals surface area (Å²) in [5, 5.41) is 16.7. The van der Waals surface area contributed by atoms with Crippen molar-refractivity contribution in [2.24, 2.45) is 0 Å². The monoisotopic (exact) mass is 565 g/mol. The number of nitrogens with zero attached hydrogens (tertiary/aromatic N) is 5. The normalized spacial score (nSPS) is 14.9. The maximum Gasteiger partial charge on any atom is 0.178 e. The highest BCUT2D eigenvalue weighted by Crippen LogP contribution is 2.35. The van der Waals surface area contributed by atoms with Crippen molar-refractivity contribution in [1.82, 2.24) is 19.6 Å². The maximum atomic E-state index is 12.7. The highest BCUT2D eigenvalue weighted by molar-refractivity contribution is 6.30. The molecule has 0 spiro atoms. The third-order valence-electron chi connectivity index (χ3n) is 7.91. The number of benzene rings is 2. The number of piperidine rings is 1. The fourth-order valence-corrected chi connectivity index (χ4v) is 5.70. The summed E-state index contributed by atoms with van der Waals surface area (Å²) in [6, 6.07) is 21.3. The van der Waals surface area contributed by atoms with Crippen LogP contribution in [0.2, 0.25) is 5.02 Å². The van der Waals surface area contributed by atoms with Gasteiger partial charge in [0.15, 0.2) is 17.3 Å². The molecule has 1 aliphatic rings. The van der Waals surface area contributed by atoms with Crippen molar-refractivity contribution in [3.05, 3.63) is 124 Å². The third kappa shape index (κ3) is 6.01. The van der Waals surface area contributed by atoms with E-state index < -0.39 is 5.60 Å². The first-order chi connectivity index (χ1) is 19.9. The first kappa shape index (κ1) is 27.1. The second-order valence-corrected chi connectivity index (χ2v) is 11.3. The van der Waals surface area contributed by atoms with E-state index in [2.05, 4.69) is 22.0 Å². The van der Waals surface area contributed by atoms with Gasteiger partial charge in [-0.2, -0.15) is 5.10 Å². The van der Waals surface area contributed by atoms with Crippen molar-refractivity contribution in [3.63, 3.8) is 0 Å². The van der Waals surface area contributed by atoms with Crippen LogP contribution in [0.4, 0.5) is 5.69 Å². The first-order valence-corrected chi connectivity index (χ1v) is 14.3. The van der Waals surface area contributed by atoms with Gasteiger partial charge in [-0.3, -0.25) is 9.78 Å². The molecule has 0 amide bonds. The van der Waals surface area contributed by atoms with Crippen LogP contribution in [0.25, 0.3) is 5.65 Å². The molecular formula is C33H32ClN5O2. The Bertz CT molecular complexity index is 1670. The van der Waals surface area contributed by atoms with Gasteiger partial charge in [-0.05, 0) is 72.7 Å². The Morgan fingerprint density at radius 3 is 2.49 bits per heavy atom. The third-order valence-corrected chi connectivity index (χ3v) is 8.16. The van der Waals surface area contributed by atoms with Crippen molar-refractivity contribution in [3.8, 4) is 0 Å². The van der Waals surface area contributed by atoms with E-state index in [0.717, 1.165) is 39.4 Å². The minimum atomic E-state index is -0.865. The van der Waals surface area contributed by atoms with Gasteiger partial charge in [0.1, 0.15) is 0 Å². The molecule has 8 heteroatoms. The predicted molar refractivity (Wildman–Crippen MR) is 161 cm³/mol. The zero-order valence-corrected chi connectivity index (χ0v) is 23.8. The quantitative estimate of drug-likeness (QED) is 0.233. The van der Waals surface area contributed by atoms with Crippen LogP contribution in [0.1, 0.15) is 57.7 Å². The van der Waals surface area contributed by atoms with E-state index in [1.807, 2.05) is 84.6 Å². The number of ketones is 1. The molecule has 6 rings (SSSR count). The molecule has 0 bridgehead atoms. The Morgan fingerprint density at radius 2 is 1.76 bits per heavy atom. The molecule has 0 unspecified atom stereocenters. The Labute approximate surface area is 244 Å². The second kappa shape index (κ2) is 11.4. The van der Waals surface area contributed by atoms with Gasteiger partial charge in [-0.15, -0.1) is 0 Å². The second-order valence-electron chi connectivity index (χ2n) is 10.9. The highest BCUT2D eigenvalue weighted by Gasteiger charge is 2.34. The van der Waals surface area contributed by atoms with E-state index in [0.29, 0.717) is 55.8 Å². The number of carbonyl (C=O) groups is 1. The molecule has 41 heavy (non-hydrogen) atoms. The number of carbonyl (C=O) groups excluding carboxylic acids is 1. The fraction of sp³-hybridized carbons (Fsp3) is 0.273. The molecule has 0 aliphatic carbocycles. The van der Waals surface area contributed by atoms with Gasteiger partial charge >= 0.3 is 0 Å². The minimum Gasteiger partial charge on any atom is -0.385 e. The Morgan fingerprint density at radius 1 is 1.00 bits per heavy atom. The molecule has 0 atom stereocenters. The standard InChI is InChI=1S/C33H32ClN5O2/c1-23-19-25(22-35-21-23)6-13-30(40)26-7-4-24(5-8-26)20-31-36-32-29(3-2-16-39(32)37-31)38-17-14-33(41,15-18-38)27-9-11-28(34)12-10-27/h2-5,7-12,16,19,21-22,41H,6,13-15,17-18,20H2,1H3. The van der Waals surface area contributed by atoms with Crippen LogP contribution >= 0.6 is 11.6 Å². The molecule has 4 heterocycles. The van der Waals surface area contributed by atoms with Crippen molar-refractivity contribution >= 4 is 28.7 Å². The molecule has 1 N–H and O–H groups in total. The zero-order valence-electron chi connectivity index (χ0n) is 23.0. The topological polar surface area (TPSA) is 83.6 Å². The van der Waals surface area contributed by atoms with E-state index in [1.165, 1.54) is 0 Å². The van der Waals surface area contributed by atoms with Crippen LogP contribution in [0.15, 0.2) is 85.3 Å². The number of fused-ring (bicyclic) bond motifs is 1. The number of rotatable bonds is 8. The van der Waals surface area contributed by atoms with Gasteiger partial charge < -0.3 is 10.0 Å². The van der Waals surface area contributed by atoms with Crippen molar-refractivity contribution in [2.75, 3.05) is 18.0 Å². The average Bonchev–Trinajstić information content (AvgIpc) is 3.40. The summed E-state index contributed by atoms with van der Waals surface area (Å²) in [7, 11) is 0. The summed E-state index contributed by atoms with van der Waals surface area (Å²) in [6.45, 7) is 3.42. The van der Waals surface area contributed by atoms with E-state index in [4.69, 9.17) is 21.7 Å². The lowest BCUT2D eigenvalue weighted by Gasteiger charge is -2.39. The maximum absolute atomic E-state index is 12.7. The van der Waals surface area contributed by atoms with Crippen LogP contribution in [-0.4, -0.2) is 43.6 Å². The van der Waals surface area contributed by atoms with E-state index in [1.54, 1.807) is 0 Å². The van der Waals surface area contributed by atoms with Crippen LogP contribution < -0.4 is 4.90 Å². The van der Waals surface area contributed by atoms with Crippen LogP contribution in [-0.2, 0) is 18.4 Å². The van der Waals surface area contributed by atoms with Crippen molar-refractivity contribution in [1.29, 1.82) is 0 Å². The highest BCUT2D eigenvalue weighted by atomic mass is 35.5. The number of aryl methyl sites for hydroxylation is 2. The molecule has 208 valence electrons. The Hall–Kier alpha value is -4.07. The SMILES string of the molecule is Cc1cncc(CCC(=O)c2ccc(Cc3nc4c(N5CCC(O)(c6ccc(Cl)cc6)CC5)cccn4n3)cc2)c1. The van der Waals surface area contributed by atoms with Crippen molar-refractivity contribution < 1.29 is 9.90 Å². The molecule has 3 aromatic heterocycles. The van der Waals surface area contributed by atoms with Crippen LogP contribution in [0, 0.1) is 6.92 Å². The zero-order chi connectivity index (χ0) is 28.4. The van der Waals surface area contributed by atoms with E-state index >= 15 is 0 Å². The predicted octanol–water partition coefficient (Wildman–Crippen LogP) is 5.98. The number of anilines is 1. The number of aromatic nitrogens is 4. The van der Waals surface area contributed by atoms with Crippen LogP contribution in [0.3, 0.4) is 0 Å². The number of hydrogen-bond acceptors (Lipinski definition) is 6. The van der Waals surface area contributed by atoms with E-state index in [9.17, 15) is 9.90 Å². The summed E-state index contributed by atoms with van der Waals surface area (Å²) in [6.07, 6.45) is 8.49. The molecule has 0 radical (unpaired) electrons. The summed E-state index contributed by atoms with van der Waals surface area (Å²) in [4.78, 5) is 24.1. The van der Waals surface area contributed by atoms with Gasteiger partial charge in [-0.25, -0.2) is 9.50 Å². The lowest BCUT2D eigenvalue weighted by molar-refractivity contribution is 0.0118. The van der Waals surface area contributed by atoms with Gasteiger partial charge in [0, 0.05) is 55.1 Å². The Balaban J connectivity index is 1.11. The Kier molecular flexibility index (Phi) is 7.56. The minimum absolute atomic E-state index is 0.123. The summed E-state index contributed by atoms with van der Waals surface area (Å²) in [5.41, 5.74) is 5.79. The van der Waals surface area contributed by atoms with Gasteiger partial charge in [0.05, 0.1) is 11.3 Å². The molecule has 2 aromatic carbocycles. The molecule has 5 aromatic rings. The lowest BCUT2D eigenvalue weighted by Crippen LogP contribution is -2.42. The smallest absolute Gasteiger partial charge is 0.178 e. The number of halogens is 1. The van der Waals surface area contributed by atoms with Crippen LogP contribution in [0.5, 0.6) is 0 Å². The van der Waals surface area contributed by atoms with Crippen molar-refractivity contribution in [2.45, 2.75) is 44.6 Å². The van der Waals surface area contributed by atoms with Gasteiger partial charge in [0.2, 0.25) is 0 Å². The van der Waals surface area contributed by atoms with E-state index in [-0.39, 0.29) is 5.78 Å². The molecule has 1 saturated heterocycles. The number of Topliss-reactive ketones (excluding diaryl/α,β-unsaturated/α-hetero) is 1. The summed E-state index contributed by atoms with van der Waals surface area (Å²) < 4.78 is 1.82.